The molecule has 4 bridgehead atoms. The van der Waals surface area contributed by atoms with Gasteiger partial charge in [0.05, 0.1) is 23.1 Å². The molecule has 5 aliphatic rings. The average Bonchev–Trinajstić information content (AvgIpc) is 2.82. The Labute approximate surface area is 211 Å². The molecule has 0 radical (unpaired) electrons. The number of thioether (sulfide) groups is 1. The van der Waals surface area contributed by atoms with Gasteiger partial charge in [0.2, 0.25) is 11.8 Å². The zero-order chi connectivity index (χ0) is 24.6. The number of aliphatic imine (C=N–C) groups is 1. The molecule has 1 heterocycles. The van der Waals surface area contributed by atoms with Gasteiger partial charge >= 0.3 is 5.97 Å². The predicted octanol–water partition coefficient (Wildman–Crippen LogP) is 4.54. The van der Waals surface area contributed by atoms with Gasteiger partial charge in [0.15, 0.2) is 5.17 Å². The molecule has 5 fully saturated rings. The number of nitrogens with one attached hydrogen (secondary N) is 1. The molecule has 35 heavy (non-hydrogen) atoms. The van der Waals surface area contributed by atoms with Crippen molar-refractivity contribution in [3.8, 4) is 0 Å². The molecule has 1 aliphatic heterocycles. The molecule has 6 rings (SSSR count). The zero-order valence-electron chi connectivity index (χ0n) is 20.6. The van der Waals surface area contributed by atoms with Crippen molar-refractivity contribution in [3.05, 3.63) is 29.8 Å². The highest BCUT2D eigenvalue weighted by Crippen LogP contribution is 2.61. The highest BCUT2D eigenvalue weighted by molar-refractivity contribution is 8.15. The number of carbonyl (C=O) groups is 3. The Morgan fingerprint density at radius 3 is 2.31 bits per heavy atom. The lowest BCUT2D eigenvalue weighted by Gasteiger charge is -2.57. The summed E-state index contributed by atoms with van der Waals surface area (Å²) in [6.07, 6.45) is 9.31. The third-order valence-electron chi connectivity index (χ3n) is 8.31. The lowest BCUT2D eigenvalue weighted by atomic mass is 9.49. The Morgan fingerprint density at radius 1 is 1.11 bits per heavy atom. The second-order valence-corrected chi connectivity index (χ2v) is 12.0. The monoisotopic (exact) mass is 497 g/mol. The smallest absolute Gasteiger partial charge is 0.338 e. The number of ether oxygens (including phenoxy) is 1. The Bertz CT molecular complexity index is 986. The summed E-state index contributed by atoms with van der Waals surface area (Å²) < 4.78 is 5.06. The molecule has 1 unspecified atom stereocenters. The topological polar surface area (TPSA) is 88.1 Å². The van der Waals surface area contributed by atoms with Gasteiger partial charge in [0.25, 0.3) is 0 Å². The maximum Gasteiger partial charge on any atom is 0.338 e. The van der Waals surface area contributed by atoms with Crippen LogP contribution in [0.3, 0.4) is 0 Å². The van der Waals surface area contributed by atoms with Crippen LogP contribution in [0.4, 0.5) is 5.69 Å². The summed E-state index contributed by atoms with van der Waals surface area (Å²) in [7, 11) is 1.59. The molecule has 0 aromatic heterocycles. The molecule has 8 heteroatoms. The minimum atomic E-state index is -0.485. The summed E-state index contributed by atoms with van der Waals surface area (Å²) in [6, 6.07) is 6.88. The van der Waals surface area contributed by atoms with E-state index in [-0.39, 0.29) is 24.2 Å². The second kappa shape index (κ2) is 9.96. The van der Waals surface area contributed by atoms with Crippen LogP contribution in [0, 0.1) is 23.2 Å². The van der Waals surface area contributed by atoms with E-state index in [1.807, 2.05) is 4.90 Å². The van der Waals surface area contributed by atoms with Crippen LogP contribution in [0.2, 0.25) is 0 Å². The van der Waals surface area contributed by atoms with Gasteiger partial charge in [-0.15, -0.1) is 0 Å². The minimum Gasteiger partial charge on any atom is -0.462 e. The van der Waals surface area contributed by atoms with E-state index in [2.05, 4.69) is 5.32 Å². The van der Waals surface area contributed by atoms with Crippen molar-refractivity contribution in [2.45, 2.75) is 63.5 Å². The predicted molar refractivity (Wildman–Crippen MR) is 136 cm³/mol. The van der Waals surface area contributed by atoms with Crippen molar-refractivity contribution in [2.24, 2.45) is 28.2 Å². The van der Waals surface area contributed by atoms with Crippen LogP contribution in [0.5, 0.6) is 0 Å². The van der Waals surface area contributed by atoms with Crippen LogP contribution < -0.4 is 5.32 Å². The molecule has 1 aromatic rings. The largest absolute Gasteiger partial charge is 0.462 e. The standard InChI is InChI=1S/C27H35N3O4S/c1-3-34-25(33)20-4-6-21(7-5-20)29-26-30(23(31)13-22(35-26)24(32)28-2)9-8-27-14-17-10-18(15-27)12-19(11-17)16-27/h4-7,17-19,22H,3,8-16H2,1-2H3,(H,28,32). The molecule has 1 atom stereocenters. The summed E-state index contributed by atoms with van der Waals surface area (Å²) >= 11 is 1.36. The maximum absolute atomic E-state index is 13.2. The summed E-state index contributed by atoms with van der Waals surface area (Å²) in [5, 5.41) is 2.76. The van der Waals surface area contributed by atoms with Crippen molar-refractivity contribution in [2.75, 3.05) is 20.2 Å². The van der Waals surface area contributed by atoms with Crippen LogP contribution >= 0.6 is 11.8 Å². The maximum atomic E-state index is 13.2. The van der Waals surface area contributed by atoms with Gasteiger partial charge in [0, 0.05) is 20.0 Å². The van der Waals surface area contributed by atoms with Crippen LogP contribution in [-0.4, -0.2) is 53.3 Å². The number of esters is 1. The normalized spacial score (nSPS) is 32.7. The number of amides is 2. The highest BCUT2D eigenvalue weighted by Gasteiger charge is 2.51. The van der Waals surface area contributed by atoms with Crippen molar-refractivity contribution in [1.82, 2.24) is 10.2 Å². The van der Waals surface area contributed by atoms with Gasteiger partial charge in [-0.05, 0) is 99.3 Å². The molecular weight excluding hydrogens is 462 g/mol. The van der Waals surface area contributed by atoms with Crippen molar-refractivity contribution < 1.29 is 19.1 Å². The number of amidine groups is 1. The molecule has 1 aromatic carbocycles. The van der Waals surface area contributed by atoms with E-state index in [1.54, 1.807) is 38.2 Å². The van der Waals surface area contributed by atoms with E-state index in [1.165, 1.54) is 50.3 Å². The van der Waals surface area contributed by atoms with Crippen LogP contribution in [-0.2, 0) is 14.3 Å². The van der Waals surface area contributed by atoms with E-state index in [4.69, 9.17) is 9.73 Å². The Morgan fingerprint density at radius 2 is 1.74 bits per heavy atom. The van der Waals surface area contributed by atoms with E-state index >= 15 is 0 Å². The van der Waals surface area contributed by atoms with E-state index in [0.717, 1.165) is 24.2 Å². The van der Waals surface area contributed by atoms with Crippen LogP contribution in [0.15, 0.2) is 29.3 Å². The van der Waals surface area contributed by atoms with Gasteiger partial charge in [-0.2, -0.15) is 0 Å². The number of hydrogen-bond donors (Lipinski definition) is 1. The number of nitrogens with zero attached hydrogens (tertiary/aromatic N) is 2. The summed E-state index contributed by atoms with van der Waals surface area (Å²) in [5.41, 5.74) is 1.47. The quantitative estimate of drug-likeness (QED) is 0.559. The lowest BCUT2D eigenvalue weighted by Crippen LogP contribution is -2.50. The number of rotatable bonds is 7. The van der Waals surface area contributed by atoms with Crippen molar-refractivity contribution in [1.29, 1.82) is 0 Å². The second-order valence-electron chi connectivity index (χ2n) is 10.8. The zero-order valence-corrected chi connectivity index (χ0v) is 21.4. The number of hydrogen-bond acceptors (Lipinski definition) is 6. The molecular formula is C27H35N3O4S. The molecule has 4 saturated carbocycles. The Kier molecular flexibility index (Phi) is 6.93. The van der Waals surface area contributed by atoms with Crippen LogP contribution in [0.25, 0.3) is 0 Å². The number of benzene rings is 1. The fourth-order valence-electron chi connectivity index (χ4n) is 7.16. The molecule has 0 spiro atoms. The number of carbonyl (C=O) groups excluding carboxylic acids is 3. The first kappa shape index (κ1) is 24.3. The molecule has 1 saturated heterocycles. The average molecular weight is 498 g/mol. The highest BCUT2D eigenvalue weighted by atomic mass is 32.2. The van der Waals surface area contributed by atoms with E-state index in [9.17, 15) is 14.4 Å². The fraction of sp³-hybridized carbons (Fsp3) is 0.630. The lowest BCUT2D eigenvalue weighted by molar-refractivity contribution is -0.131. The third-order valence-corrected chi connectivity index (χ3v) is 9.50. The fourth-order valence-corrected chi connectivity index (χ4v) is 8.35. The molecule has 1 N–H and O–H groups in total. The van der Waals surface area contributed by atoms with Crippen LogP contribution in [0.1, 0.15) is 68.6 Å². The molecule has 7 nitrogen and oxygen atoms in total. The van der Waals surface area contributed by atoms with Gasteiger partial charge in [-0.1, -0.05) is 11.8 Å². The van der Waals surface area contributed by atoms with E-state index < -0.39 is 5.25 Å². The first-order valence-corrected chi connectivity index (χ1v) is 13.8. The Balaban J connectivity index is 1.35. The van der Waals surface area contributed by atoms with E-state index in [0.29, 0.717) is 35.0 Å². The third kappa shape index (κ3) is 5.13. The van der Waals surface area contributed by atoms with Gasteiger partial charge in [-0.25, -0.2) is 9.79 Å². The Hall–Kier alpha value is -2.35. The first-order chi connectivity index (χ1) is 16.9. The van der Waals surface area contributed by atoms with Crippen molar-refractivity contribution in [3.63, 3.8) is 0 Å². The van der Waals surface area contributed by atoms with Gasteiger partial charge in [0.1, 0.15) is 0 Å². The van der Waals surface area contributed by atoms with Crippen molar-refractivity contribution >= 4 is 40.4 Å². The SMILES string of the molecule is CCOC(=O)c1ccc(N=C2SC(C(=O)NC)CC(=O)N2CCC23CC4CC(CC(C4)C2)C3)cc1. The minimum absolute atomic E-state index is 0.0380. The molecule has 188 valence electrons. The summed E-state index contributed by atoms with van der Waals surface area (Å²) in [4.78, 5) is 44.2. The van der Waals surface area contributed by atoms with Gasteiger partial charge in [-0.3, -0.25) is 14.5 Å². The summed E-state index contributed by atoms with van der Waals surface area (Å²) in [5.74, 6) is 2.05. The molecule has 2 amide bonds. The summed E-state index contributed by atoms with van der Waals surface area (Å²) in [6.45, 7) is 2.75. The van der Waals surface area contributed by atoms with Gasteiger partial charge < -0.3 is 10.1 Å². The molecule has 4 aliphatic carbocycles. The first-order valence-electron chi connectivity index (χ1n) is 12.9.